The van der Waals surface area contributed by atoms with Gasteiger partial charge in [-0.05, 0) is 43.4 Å². The van der Waals surface area contributed by atoms with Crippen LogP contribution in [0.3, 0.4) is 0 Å². The van der Waals surface area contributed by atoms with Gasteiger partial charge in [-0.25, -0.2) is 4.79 Å². The third-order valence-corrected chi connectivity index (χ3v) is 2.83. The highest BCUT2D eigenvalue weighted by atomic mass is 16.1. The van der Waals surface area contributed by atoms with Gasteiger partial charge in [0.05, 0.1) is 0 Å². The summed E-state index contributed by atoms with van der Waals surface area (Å²) >= 11 is 0. The Hall–Kier alpha value is -1.66. The van der Waals surface area contributed by atoms with E-state index in [1.807, 2.05) is 18.1 Å². The number of aryl methyl sites for hydroxylation is 1. The van der Waals surface area contributed by atoms with Gasteiger partial charge in [-0.2, -0.15) is 0 Å². The Morgan fingerprint density at radius 2 is 2.13 bits per heavy atom. The van der Waals surface area contributed by atoms with Gasteiger partial charge in [0.25, 0.3) is 0 Å². The van der Waals surface area contributed by atoms with Crippen LogP contribution in [-0.2, 0) is 11.2 Å². The minimum Gasteiger partial charge on any atom is -0.295 e. The summed E-state index contributed by atoms with van der Waals surface area (Å²) in [5, 5.41) is 0. The van der Waals surface area contributed by atoms with Crippen molar-refractivity contribution >= 4 is 17.3 Å². The molecule has 2 nitrogen and oxygen atoms in total. The maximum atomic E-state index is 11.2. The number of fused-ring (bicyclic) bond motifs is 1. The number of hydrogen-bond donors (Lipinski definition) is 0. The quantitative estimate of drug-likeness (QED) is 0.515. The van der Waals surface area contributed by atoms with Gasteiger partial charge in [-0.1, -0.05) is 12.1 Å². The molecular formula is C13H12O2. The maximum absolute atomic E-state index is 11.2. The summed E-state index contributed by atoms with van der Waals surface area (Å²) < 4.78 is 0. The van der Waals surface area contributed by atoms with E-state index in [4.69, 9.17) is 0 Å². The molecule has 1 aromatic rings. The van der Waals surface area contributed by atoms with E-state index in [0.29, 0.717) is 0 Å². The number of hydrogen-bond acceptors (Lipinski definition) is 2. The van der Waals surface area contributed by atoms with Crippen LogP contribution >= 0.6 is 0 Å². The highest BCUT2D eigenvalue weighted by Gasteiger charge is 2.15. The highest BCUT2D eigenvalue weighted by molar-refractivity contribution is 5.96. The summed E-state index contributed by atoms with van der Waals surface area (Å²) in [5.74, 6) is 2.06. The number of Topliss-reactive ketones (excluding diaryl/α,β-unsaturated/α-hetero) is 1. The molecule has 2 rings (SSSR count). The zero-order valence-electron chi connectivity index (χ0n) is 8.67. The molecule has 15 heavy (non-hydrogen) atoms. The van der Waals surface area contributed by atoms with Crippen molar-refractivity contribution in [1.82, 2.24) is 0 Å². The van der Waals surface area contributed by atoms with Crippen molar-refractivity contribution in [1.29, 1.82) is 0 Å². The Bertz CT molecular complexity index is 465. The van der Waals surface area contributed by atoms with Crippen LogP contribution in [0, 0.1) is 0 Å². The van der Waals surface area contributed by atoms with Crippen molar-refractivity contribution in [3.05, 3.63) is 34.9 Å². The molecule has 1 aliphatic rings. The van der Waals surface area contributed by atoms with Crippen LogP contribution in [0.1, 0.15) is 41.3 Å². The fourth-order valence-corrected chi connectivity index (χ4v) is 2.01. The molecule has 1 aromatic carbocycles. The first kappa shape index (κ1) is 9.88. The second-order valence-corrected chi connectivity index (χ2v) is 3.86. The third-order valence-electron chi connectivity index (χ3n) is 2.83. The molecule has 2 heteroatoms. The molecule has 0 amide bonds. The zero-order valence-corrected chi connectivity index (χ0v) is 8.67. The average molecular weight is 200 g/mol. The molecular weight excluding hydrogens is 188 g/mol. The van der Waals surface area contributed by atoms with Crippen LogP contribution in [0.2, 0.25) is 0 Å². The molecule has 0 unspecified atom stereocenters. The smallest absolute Gasteiger partial charge is 0.159 e. The lowest BCUT2D eigenvalue weighted by Gasteiger charge is -2.16. The summed E-state index contributed by atoms with van der Waals surface area (Å²) in [7, 11) is 0. The Labute approximate surface area is 88.6 Å². The number of carbonyl (C=O) groups is 1. The van der Waals surface area contributed by atoms with Crippen molar-refractivity contribution in [2.24, 2.45) is 0 Å². The first-order valence-electron chi connectivity index (χ1n) is 5.10. The number of allylic oxidation sites excluding steroid dienone is 1. The minimum absolute atomic E-state index is 0.0695. The van der Waals surface area contributed by atoms with Crippen LogP contribution < -0.4 is 0 Å². The summed E-state index contributed by atoms with van der Waals surface area (Å²) in [6.07, 6.45) is 2.72. The van der Waals surface area contributed by atoms with Crippen molar-refractivity contribution in [3.63, 3.8) is 0 Å². The van der Waals surface area contributed by atoms with Crippen LogP contribution in [0.15, 0.2) is 18.2 Å². The molecule has 0 N–H and O–H groups in total. The van der Waals surface area contributed by atoms with E-state index >= 15 is 0 Å². The van der Waals surface area contributed by atoms with Gasteiger partial charge in [0, 0.05) is 11.1 Å². The lowest BCUT2D eigenvalue weighted by molar-refractivity contribution is 0.101. The molecule has 0 heterocycles. The van der Waals surface area contributed by atoms with Gasteiger partial charge in [-0.15, -0.1) is 0 Å². The third kappa shape index (κ3) is 1.77. The topological polar surface area (TPSA) is 34.1 Å². The Morgan fingerprint density at radius 3 is 2.80 bits per heavy atom. The summed E-state index contributed by atoms with van der Waals surface area (Å²) in [4.78, 5) is 21.9. The summed E-state index contributed by atoms with van der Waals surface area (Å²) in [6.45, 7) is 1.56. The van der Waals surface area contributed by atoms with Gasteiger partial charge >= 0.3 is 0 Å². The fraction of sp³-hybridized carbons (Fsp3) is 0.308. The zero-order chi connectivity index (χ0) is 10.8. The summed E-state index contributed by atoms with van der Waals surface area (Å²) in [6, 6.07) is 5.55. The molecule has 0 spiro atoms. The molecule has 1 aliphatic carbocycles. The SMILES string of the molecule is CC(=O)c1ccc2c(c1)CCCC2=C=O. The van der Waals surface area contributed by atoms with E-state index in [2.05, 4.69) is 0 Å². The second-order valence-electron chi connectivity index (χ2n) is 3.86. The lowest BCUT2D eigenvalue weighted by atomic mass is 9.87. The minimum atomic E-state index is 0.0695. The summed E-state index contributed by atoms with van der Waals surface area (Å²) in [5.41, 5.74) is 3.54. The van der Waals surface area contributed by atoms with E-state index in [1.54, 1.807) is 13.0 Å². The number of rotatable bonds is 1. The first-order chi connectivity index (χ1) is 7.22. The van der Waals surface area contributed by atoms with Gasteiger partial charge < -0.3 is 0 Å². The largest absolute Gasteiger partial charge is 0.295 e. The predicted molar refractivity (Wildman–Crippen MR) is 58.5 cm³/mol. The fourth-order valence-electron chi connectivity index (χ4n) is 2.01. The standard InChI is InChI=1S/C13H12O2/c1-9(15)10-5-6-13-11(7-10)3-2-4-12(13)8-14/h5-7H,2-4H2,1H3. The van der Waals surface area contributed by atoms with Crippen molar-refractivity contribution < 1.29 is 9.59 Å². The molecule has 0 aromatic heterocycles. The molecule has 0 bridgehead atoms. The predicted octanol–water partition coefficient (Wildman–Crippen LogP) is 2.44. The molecule has 0 aliphatic heterocycles. The number of ketones is 1. The van der Waals surface area contributed by atoms with Gasteiger partial charge in [0.15, 0.2) is 5.78 Å². The monoisotopic (exact) mass is 200 g/mol. The second kappa shape index (κ2) is 3.84. The molecule has 0 saturated heterocycles. The molecule has 0 atom stereocenters. The molecule has 0 fully saturated rings. The van der Waals surface area contributed by atoms with Crippen LogP contribution in [-0.4, -0.2) is 11.7 Å². The van der Waals surface area contributed by atoms with Crippen LogP contribution in [0.4, 0.5) is 0 Å². The number of carbonyl (C=O) groups excluding carboxylic acids is 2. The van der Waals surface area contributed by atoms with E-state index in [0.717, 1.165) is 41.5 Å². The normalized spacial score (nSPS) is 14.3. The number of benzene rings is 1. The van der Waals surface area contributed by atoms with Gasteiger partial charge in [0.2, 0.25) is 0 Å². The molecule has 76 valence electrons. The molecule has 0 radical (unpaired) electrons. The van der Waals surface area contributed by atoms with E-state index in [-0.39, 0.29) is 5.78 Å². The van der Waals surface area contributed by atoms with Crippen LogP contribution in [0.5, 0.6) is 0 Å². The Kier molecular flexibility index (Phi) is 2.53. The van der Waals surface area contributed by atoms with E-state index < -0.39 is 0 Å². The van der Waals surface area contributed by atoms with Gasteiger partial charge in [-0.3, -0.25) is 4.79 Å². The van der Waals surface area contributed by atoms with Crippen LogP contribution in [0.25, 0.3) is 5.57 Å². The van der Waals surface area contributed by atoms with E-state index in [9.17, 15) is 9.59 Å². The Balaban J connectivity index is 2.54. The maximum Gasteiger partial charge on any atom is 0.159 e. The van der Waals surface area contributed by atoms with Gasteiger partial charge in [0.1, 0.15) is 5.94 Å². The van der Waals surface area contributed by atoms with E-state index in [1.165, 1.54) is 0 Å². The Morgan fingerprint density at radius 1 is 1.33 bits per heavy atom. The van der Waals surface area contributed by atoms with Crippen molar-refractivity contribution in [2.75, 3.05) is 0 Å². The van der Waals surface area contributed by atoms with Crippen molar-refractivity contribution in [2.45, 2.75) is 26.2 Å². The molecule has 0 saturated carbocycles. The highest BCUT2D eigenvalue weighted by Crippen LogP contribution is 2.29. The average Bonchev–Trinajstić information content (AvgIpc) is 2.27. The first-order valence-corrected chi connectivity index (χ1v) is 5.10. The van der Waals surface area contributed by atoms with Crippen molar-refractivity contribution in [3.8, 4) is 0 Å². The lowest BCUT2D eigenvalue weighted by Crippen LogP contribution is -2.04.